The number of benzene rings is 4. The number of aliphatic hydroxyl groups is 1. The van der Waals surface area contributed by atoms with Crippen LogP contribution in [0.1, 0.15) is 88.0 Å². The Morgan fingerprint density at radius 2 is 1.09 bits per heavy atom. The van der Waals surface area contributed by atoms with Crippen molar-refractivity contribution in [3.05, 3.63) is 138 Å². The van der Waals surface area contributed by atoms with Gasteiger partial charge < -0.3 is 84.4 Å². The smallest absolute Gasteiger partial charge is 0.245 e. The van der Waals surface area contributed by atoms with E-state index in [0.717, 1.165) is 16.4 Å². The van der Waals surface area contributed by atoms with Crippen molar-refractivity contribution < 1.29 is 58.2 Å². The zero-order valence-electron chi connectivity index (χ0n) is 52.9. The van der Waals surface area contributed by atoms with Gasteiger partial charge in [-0.2, -0.15) is 0 Å². The SMILES string of the molecule is CCNC(=O)[C@@H]1CCCN1C(=O)[C@H](CCCN=C(N)N)NC(=O)[C@H](CC(C)C)NC(=O)[C@@H](Cc1c[nH]c2ccccc12)NC(=O)[C@H](Cc1ccc(O)cc1)NC(=O)[C@H](CO)NC(=O)[C@H](Cc1c[nH]c2ccccc12)NC(=O)[C@H](Cc1ccccc1)NC(=O)[C@@H]1CCC(=O)N1. The molecule has 0 radical (unpaired) electrons. The van der Waals surface area contributed by atoms with Crippen molar-refractivity contribution in [1.82, 2.24) is 62.7 Å². The van der Waals surface area contributed by atoms with Crippen LogP contribution in [0.2, 0.25) is 0 Å². The van der Waals surface area contributed by atoms with E-state index in [2.05, 4.69) is 62.8 Å². The number of H-pyrrole nitrogens is 2. The van der Waals surface area contributed by atoms with Crippen molar-refractivity contribution in [2.45, 2.75) is 146 Å². The second-order valence-corrected chi connectivity index (χ2v) is 24.1. The lowest BCUT2D eigenvalue weighted by atomic mass is 9.99. The molecule has 27 heteroatoms. The third-order valence-corrected chi connectivity index (χ3v) is 16.6. The number of para-hydroxylation sites is 2. The Balaban J connectivity index is 1.06. The highest BCUT2D eigenvalue weighted by Crippen LogP contribution is 2.24. The largest absolute Gasteiger partial charge is 0.508 e. The maximum absolute atomic E-state index is 15.1. The number of aromatic nitrogens is 2. The molecule has 2 fully saturated rings. The number of hydrogen-bond donors (Lipinski definition) is 15. The van der Waals surface area contributed by atoms with Gasteiger partial charge in [-0.15, -0.1) is 0 Å². The Morgan fingerprint density at radius 1 is 0.596 bits per heavy atom. The Bertz CT molecular complexity index is 3680. The molecule has 9 atom stereocenters. The molecule has 500 valence electrons. The van der Waals surface area contributed by atoms with Gasteiger partial charge in [0.1, 0.15) is 60.1 Å². The van der Waals surface area contributed by atoms with Crippen LogP contribution in [0.4, 0.5) is 0 Å². The summed E-state index contributed by atoms with van der Waals surface area (Å²) in [5.41, 5.74) is 14.9. The summed E-state index contributed by atoms with van der Waals surface area (Å²) in [5, 5.41) is 47.3. The fourth-order valence-corrected chi connectivity index (χ4v) is 11.8. The van der Waals surface area contributed by atoms with Crippen LogP contribution in [0.3, 0.4) is 0 Å². The number of aromatic hydroxyl groups is 1. The van der Waals surface area contributed by atoms with Gasteiger partial charge in [0.25, 0.3) is 0 Å². The van der Waals surface area contributed by atoms with Crippen molar-refractivity contribution in [2.24, 2.45) is 22.4 Å². The number of hydrogen-bond acceptors (Lipinski definition) is 13. The number of fused-ring (bicyclic) bond motifs is 2. The van der Waals surface area contributed by atoms with E-state index in [9.17, 15) is 48.6 Å². The topological polar surface area (TPSA) is 419 Å². The highest BCUT2D eigenvalue weighted by atomic mass is 16.3. The molecule has 10 amide bonds. The van der Waals surface area contributed by atoms with Crippen LogP contribution in [0.5, 0.6) is 5.75 Å². The molecule has 27 nitrogen and oxygen atoms in total. The molecule has 4 heterocycles. The number of carbonyl (C=O) groups excluding carboxylic acids is 10. The van der Waals surface area contributed by atoms with E-state index >= 15 is 9.59 Å². The Kier molecular flexibility index (Phi) is 24.7. The van der Waals surface area contributed by atoms with Crippen molar-refractivity contribution in [1.29, 1.82) is 0 Å². The molecule has 2 aromatic heterocycles. The summed E-state index contributed by atoms with van der Waals surface area (Å²) in [5.74, 6) is -7.45. The fraction of sp³-hybridized carbons (Fsp3) is 0.418. The van der Waals surface area contributed by atoms with E-state index in [1.165, 1.54) is 29.2 Å². The standard InChI is InChI=1S/C67H85N15O12/c1-4-70-65(93)56-21-13-29-82(56)66(94)49(20-12-28-71-67(68)69)75-59(87)50(30-38(2)3)76-62(90)53(33-41-35-72-46-18-10-8-16-44(41)46)79-61(89)52(32-40-22-24-43(84)25-23-40)78-64(92)55(37-83)81-63(91)54(34-42-36-73-47-19-11-9-17-45(42)47)80-60(88)51(31-39-14-6-5-7-15-39)77-58(86)48-26-27-57(85)74-48/h5-11,14-19,22-25,35-36,38,48-56,72-73,83-84H,4,12-13,20-21,26-34,37H2,1-3H3,(H,70,93)(H,74,85)(H,75,87)(H,76,90)(H,77,86)(H,78,92)(H,79,89)(H,80,88)(H,81,91)(H4,68,69,71)/t48-,49-,50-,51-,52-,53+,54-,55-,56-/m0/s1. The summed E-state index contributed by atoms with van der Waals surface area (Å²) in [6.45, 7) is 5.16. The summed E-state index contributed by atoms with van der Waals surface area (Å²) >= 11 is 0. The molecule has 6 aromatic rings. The number of guanidine groups is 1. The van der Waals surface area contributed by atoms with E-state index < -0.39 is 108 Å². The van der Waals surface area contributed by atoms with Gasteiger partial charge in [-0.1, -0.05) is 92.7 Å². The van der Waals surface area contributed by atoms with Crippen LogP contribution in [0, 0.1) is 5.92 Å². The molecule has 0 spiro atoms. The summed E-state index contributed by atoms with van der Waals surface area (Å²) in [6, 6.07) is 17.4. The van der Waals surface area contributed by atoms with Crippen molar-refractivity contribution in [3.63, 3.8) is 0 Å². The molecule has 8 rings (SSSR count). The van der Waals surface area contributed by atoms with Gasteiger partial charge in [0.15, 0.2) is 5.96 Å². The second kappa shape index (κ2) is 33.3. The molecule has 2 saturated heterocycles. The number of aromatic amines is 2. The first-order valence-corrected chi connectivity index (χ1v) is 31.8. The van der Waals surface area contributed by atoms with Crippen molar-refractivity contribution in [3.8, 4) is 5.75 Å². The normalized spacial score (nSPS) is 16.7. The maximum Gasteiger partial charge on any atom is 0.245 e. The van der Waals surface area contributed by atoms with Gasteiger partial charge in [0.2, 0.25) is 59.1 Å². The van der Waals surface area contributed by atoms with Gasteiger partial charge in [0.05, 0.1) is 6.61 Å². The zero-order chi connectivity index (χ0) is 67.4. The quantitative estimate of drug-likeness (QED) is 0.0156. The minimum Gasteiger partial charge on any atom is -0.508 e. The first-order chi connectivity index (χ1) is 45.2. The number of nitrogens with one attached hydrogen (secondary N) is 11. The number of nitrogens with two attached hydrogens (primary N) is 2. The molecule has 17 N–H and O–H groups in total. The Labute approximate surface area is 543 Å². The molecule has 0 bridgehead atoms. The number of phenols is 1. The minimum absolute atomic E-state index is 0.0150. The number of likely N-dealkylation sites (N-methyl/N-ethyl adjacent to an activating group) is 1. The van der Waals surface area contributed by atoms with Crippen LogP contribution >= 0.6 is 0 Å². The number of aliphatic hydroxyl groups excluding tert-OH is 1. The third-order valence-electron chi connectivity index (χ3n) is 16.6. The number of phenolic OH excluding ortho intramolecular Hbond substituents is 1. The number of amides is 10. The van der Waals surface area contributed by atoms with Crippen LogP contribution in [0.25, 0.3) is 21.8 Å². The van der Waals surface area contributed by atoms with Gasteiger partial charge in [-0.05, 0) is 97.9 Å². The number of likely N-dealkylation sites (tertiary alicyclic amines) is 1. The molecular formula is C67H85N15O12. The molecular weight excluding hydrogens is 1210 g/mol. The van der Waals surface area contributed by atoms with E-state index in [0.29, 0.717) is 47.0 Å². The zero-order valence-corrected chi connectivity index (χ0v) is 52.9. The number of rotatable bonds is 32. The van der Waals surface area contributed by atoms with Crippen LogP contribution in [-0.4, -0.2) is 171 Å². The van der Waals surface area contributed by atoms with E-state index in [1.54, 1.807) is 61.8 Å². The van der Waals surface area contributed by atoms with Gasteiger partial charge in [-0.3, -0.25) is 52.9 Å². The number of carbonyl (C=O) groups is 10. The summed E-state index contributed by atoms with van der Waals surface area (Å²) < 4.78 is 0. The first-order valence-electron chi connectivity index (χ1n) is 31.8. The fourth-order valence-electron chi connectivity index (χ4n) is 11.8. The minimum atomic E-state index is -1.77. The Hall–Kier alpha value is -10.3. The molecule has 0 aliphatic carbocycles. The van der Waals surface area contributed by atoms with Gasteiger partial charge >= 0.3 is 0 Å². The molecule has 4 aromatic carbocycles. The maximum atomic E-state index is 15.1. The summed E-state index contributed by atoms with van der Waals surface area (Å²) in [4.78, 5) is 154. The summed E-state index contributed by atoms with van der Waals surface area (Å²) in [6.07, 6.45) is 4.43. The van der Waals surface area contributed by atoms with Crippen molar-refractivity contribution in [2.75, 3.05) is 26.2 Å². The predicted octanol–water partition coefficient (Wildman–Crippen LogP) is 0.517. The van der Waals surface area contributed by atoms with Crippen LogP contribution < -0.4 is 59.3 Å². The highest BCUT2D eigenvalue weighted by Gasteiger charge is 2.40. The molecule has 2 aliphatic rings. The third kappa shape index (κ3) is 19.1. The van der Waals surface area contributed by atoms with E-state index in [1.807, 2.05) is 50.2 Å². The monoisotopic (exact) mass is 1290 g/mol. The lowest BCUT2D eigenvalue weighted by Gasteiger charge is -2.30. The van der Waals surface area contributed by atoms with Crippen molar-refractivity contribution >= 4 is 86.8 Å². The van der Waals surface area contributed by atoms with E-state index in [4.69, 9.17) is 11.5 Å². The van der Waals surface area contributed by atoms with Gasteiger partial charge in [0, 0.05) is 85.9 Å². The summed E-state index contributed by atoms with van der Waals surface area (Å²) in [7, 11) is 0. The average Bonchev–Trinajstić information content (AvgIpc) is 1.64. The lowest BCUT2D eigenvalue weighted by Crippen LogP contribution is -2.61. The number of aliphatic imine (C=N–C) groups is 1. The first kappa shape index (κ1) is 69.6. The highest BCUT2D eigenvalue weighted by molar-refractivity contribution is 6.00. The van der Waals surface area contributed by atoms with Gasteiger partial charge in [-0.25, -0.2) is 0 Å². The average molecular weight is 1290 g/mol. The van der Waals surface area contributed by atoms with Crippen LogP contribution in [0.15, 0.2) is 121 Å². The second-order valence-electron chi connectivity index (χ2n) is 24.1. The van der Waals surface area contributed by atoms with Crippen LogP contribution in [-0.2, 0) is 73.6 Å². The predicted molar refractivity (Wildman–Crippen MR) is 351 cm³/mol. The molecule has 0 saturated carbocycles. The lowest BCUT2D eigenvalue weighted by molar-refractivity contribution is -0.142. The Morgan fingerprint density at radius 3 is 1.62 bits per heavy atom. The molecule has 2 aliphatic heterocycles. The van der Waals surface area contributed by atoms with E-state index in [-0.39, 0.29) is 100 Å². The number of nitrogens with zero attached hydrogens (tertiary/aromatic N) is 2. The molecule has 0 unspecified atom stereocenters. The molecule has 94 heavy (non-hydrogen) atoms.